The molecule has 1 N–H and O–H groups in total. The predicted molar refractivity (Wildman–Crippen MR) is 77.3 cm³/mol. The zero-order valence-corrected chi connectivity index (χ0v) is 12.0. The van der Waals surface area contributed by atoms with Gasteiger partial charge in [0.1, 0.15) is 30.8 Å². The van der Waals surface area contributed by atoms with E-state index in [0.717, 1.165) is 23.8 Å². The molecule has 3 rings (SSSR count). The summed E-state index contributed by atoms with van der Waals surface area (Å²) in [7, 11) is 2.00. The number of furan rings is 1. The highest BCUT2D eigenvalue weighted by molar-refractivity contribution is 5.40. The van der Waals surface area contributed by atoms with Crippen molar-refractivity contribution < 1.29 is 19.0 Å². The Bertz CT molecular complexity index is 595. The average Bonchev–Trinajstić information content (AvgIpc) is 2.94. The van der Waals surface area contributed by atoms with Crippen molar-refractivity contribution in [2.24, 2.45) is 0 Å². The molecule has 1 unspecified atom stereocenters. The molecule has 1 aromatic carbocycles. The van der Waals surface area contributed by atoms with Gasteiger partial charge in [-0.3, -0.25) is 4.90 Å². The van der Waals surface area contributed by atoms with Crippen LogP contribution in [0.15, 0.2) is 40.8 Å². The summed E-state index contributed by atoms with van der Waals surface area (Å²) in [4.78, 5) is 2.11. The van der Waals surface area contributed by atoms with E-state index in [1.807, 2.05) is 37.4 Å². The van der Waals surface area contributed by atoms with E-state index in [4.69, 9.17) is 19.0 Å². The number of ether oxygens (including phenoxy) is 2. The summed E-state index contributed by atoms with van der Waals surface area (Å²) in [5.74, 6) is 3.01. The second kappa shape index (κ2) is 6.20. The zero-order valence-electron chi connectivity index (χ0n) is 12.0. The van der Waals surface area contributed by atoms with Crippen LogP contribution in [-0.2, 0) is 13.2 Å². The lowest BCUT2D eigenvalue weighted by molar-refractivity contribution is 0.0620. The Kier molecular flexibility index (Phi) is 4.13. The summed E-state index contributed by atoms with van der Waals surface area (Å²) in [5.41, 5.74) is 0. The number of aliphatic hydroxyl groups excluding tert-OH is 1. The van der Waals surface area contributed by atoms with Crippen LogP contribution < -0.4 is 9.47 Å². The molecule has 1 aliphatic heterocycles. The summed E-state index contributed by atoms with van der Waals surface area (Å²) in [6.07, 6.45) is -0.00262. The number of hydrogen-bond acceptors (Lipinski definition) is 5. The minimum absolute atomic E-state index is 0.00262. The third-order valence-electron chi connectivity index (χ3n) is 3.38. The Balaban J connectivity index is 1.55. The van der Waals surface area contributed by atoms with Gasteiger partial charge in [0.05, 0.1) is 6.54 Å². The van der Waals surface area contributed by atoms with Gasteiger partial charge in [0, 0.05) is 6.54 Å². The molecule has 0 spiro atoms. The summed E-state index contributed by atoms with van der Waals surface area (Å²) in [6, 6.07) is 11.4. The number of benzene rings is 1. The lowest BCUT2D eigenvalue weighted by Gasteiger charge is -2.29. The molecule has 0 fully saturated rings. The summed E-state index contributed by atoms with van der Waals surface area (Å²) in [6.45, 7) is 1.88. The van der Waals surface area contributed by atoms with Crippen LogP contribution in [0.3, 0.4) is 0 Å². The minimum Gasteiger partial charge on any atom is -0.486 e. The number of hydrogen-bond donors (Lipinski definition) is 1. The fourth-order valence-corrected chi connectivity index (χ4v) is 2.42. The SMILES string of the molecule is CN(Cc1ccc(CO)o1)CC1COc2ccccc2O1. The van der Waals surface area contributed by atoms with Gasteiger partial charge in [0.2, 0.25) is 0 Å². The molecule has 0 aliphatic carbocycles. The van der Waals surface area contributed by atoms with E-state index in [-0.39, 0.29) is 12.7 Å². The van der Waals surface area contributed by atoms with E-state index in [2.05, 4.69) is 4.90 Å². The number of nitrogens with zero attached hydrogens (tertiary/aromatic N) is 1. The standard InChI is InChI=1S/C16H19NO4/c1-17(8-12-6-7-13(10-18)20-12)9-14-11-19-15-4-2-3-5-16(15)21-14/h2-7,14,18H,8-11H2,1H3. The van der Waals surface area contributed by atoms with Gasteiger partial charge in [0.15, 0.2) is 11.5 Å². The Hall–Kier alpha value is -1.98. The quantitative estimate of drug-likeness (QED) is 0.913. The Morgan fingerprint density at radius 1 is 1.14 bits per heavy atom. The maximum absolute atomic E-state index is 9.00. The van der Waals surface area contributed by atoms with Crippen molar-refractivity contribution in [3.8, 4) is 11.5 Å². The van der Waals surface area contributed by atoms with Gasteiger partial charge < -0.3 is 19.0 Å². The highest BCUT2D eigenvalue weighted by atomic mass is 16.6. The van der Waals surface area contributed by atoms with Crippen molar-refractivity contribution >= 4 is 0 Å². The number of rotatable bonds is 5. The van der Waals surface area contributed by atoms with E-state index < -0.39 is 0 Å². The molecule has 0 bridgehead atoms. The molecule has 2 aromatic rings. The molecule has 0 saturated carbocycles. The monoisotopic (exact) mass is 289 g/mol. The Morgan fingerprint density at radius 3 is 2.67 bits per heavy atom. The molecule has 1 aliphatic rings. The molecule has 0 saturated heterocycles. The molecule has 21 heavy (non-hydrogen) atoms. The van der Waals surface area contributed by atoms with Crippen LogP contribution in [0.2, 0.25) is 0 Å². The highest BCUT2D eigenvalue weighted by Crippen LogP contribution is 2.31. The van der Waals surface area contributed by atoms with Gasteiger partial charge >= 0.3 is 0 Å². The molecular formula is C16H19NO4. The fraction of sp³-hybridized carbons (Fsp3) is 0.375. The maximum Gasteiger partial charge on any atom is 0.161 e. The number of fused-ring (bicyclic) bond motifs is 1. The number of para-hydroxylation sites is 2. The largest absolute Gasteiger partial charge is 0.486 e. The minimum atomic E-state index is -0.0694. The molecule has 5 nitrogen and oxygen atoms in total. The van der Waals surface area contributed by atoms with Crippen molar-refractivity contribution in [1.82, 2.24) is 4.90 Å². The van der Waals surface area contributed by atoms with E-state index in [1.54, 1.807) is 6.07 Å². The molecule has 2 heterocycles. The van der Waals surface area contributed by atoms with Crippen molar-refractivity contribution in [3.05, 3.63) is 47.9 Å². The lowest BCUT2D eigenvalue weighted by atomic mass is 10.2. The van der Waals surface area contributed by atoms with Gasteiger partial charge in [-0.25, -0.2) is 0 Å². The zero-order chi connectivity index (χ0) is 14.7. The van der Waals surface area contributed by atoms with Crippen LogP contribution in [-0.4, -0.2) is 36.3 Å². The molecule has 1 aromatic heterocycles. The highest BCUT2D eigenvalue weighted by Gasteiger charge is 2.22. The van der Waals surface area contributed by atoms with Crippen molar-refractivity contribution in [1.29, 1.82) is 0 Å². The second-order valence-electron chi connectivity index (χ2n) is 5.22. The molecule has 112 valence electrons. The van der Waals surface area contributed by atoms with Crippen LogP contribution in [0.1, 0.15) is 11.5 Å². The first-order valence-electron chi connectivity index (χ1n) is 7.00. The van der Waals surface area contributed by atoms with Crippen LogP contribution in [0.4, 0.5) is 0 Å². The Labute approximate surface area is 123 Å². The van der Waals surface area contributed by atoms with Crippen LogP contribution >= 0.6 is 0 Å². The first-order chi connectivity index (χ1) is 10.2. The van der Waals surface area contributed by atoms with E-state index in [1.165, 1.54) is 0 Å². The van der Waals surface area contributed by atoms with Gasteiger partial charge in [0.25, 0.3) is 0 Å². The summed E-state index contributed by atoms with van der Waals surface area (Å²) in [5, 5.41) is 9.00. The van der Waals surface area contributed by atoms with Gasteiger partial charge in [-0.1, -0.05) is 12.1 Å². The Morgan fingerprint density at radius 2 is 1.90 bits per heavy atom. The van der Waals surface area contributed by atoms with Crippen molar-refractivity contribution in [3.63, 3.8) is 0 Å². The molecule has 5 heteroatoms. The lowest BCUT2D eigenvalue weighted by Crippen LogP contribution is -2.39. The topological polar surface area (TPSA) is 55.1 Å². The van der Waals surface area contributed by atoms with E-state index in [9.17, 15) is 0 Å². The summed E-state index contributed by atoms with van der Waals surface area (Å²) >= 11 is 0. The van der Waals surface area contributed by atoms with E-state index in [0.29, 0.717) is 18.9 Å². The van der Waals surface area contributed by atoms with Gasteiger partial charge in [-0.15, -0.1) is 0 Å². The predicted octanol–water partition coefficient (Wildman–Crippen LogP) is 2.04. The van der Waals surface area contributed by atoms with Crippen LogP contribution in [0.5, 0.6) is 11.5 Å². The first kappa shape index (κ1) is 14.0. The van der Waals surface area contributed by atoms with Crippen LogP contribution in [0.25, 0.3) is 0 Å². The smallest absolute Gasteiger partial charge is 0.161 e. The average molecular weight is 289 g/mol. The maximum atomic E-state index is 9.00. The van der Waals surface area contributed by atoms with Gasteiger partial charge in [-0.2, -0.15) is 0 Å². The normalized spacial score (nSPS) is 17.2. The first-order valence-corrected chi connectivity index (χ1v) is 7.00. The number of aliphatic hydroxyl groups is 1. The van der Waals surface area contributed by atoms with E-state index >= 15 is 0 Å². The molecule has 0 amide bonds. The van der Waals surface area contributed by atoms with Crippen LogP contribution in [0, 0.1) is 0 Å². The fourth-order valence-electron chi connectivity index (χ4n) is 2.42. The third-order valence-corrected chi connectivity index (χ3v) is 3.38. The molecule has 0 radical (unpaired) electrons. The second-order valence-corrected chi connectivity index (χ2v) is 5.22. The summed E-state index contributed by atoms with van der Waals surface area (Å²) < 4.78 is 17.1. The van der Waals surface area contributed by atoms with Crippen molar-refractivity contribution in [2.75, 3.05) is 20.2 Å². The number of likely N-dealkylation sites (N-methyl/N-ethyl adjacent to an activating group) is 1. The molecular weight excluding hydrogens is 270 g/mol. The third kappa shape index (κ3) is 3.37. The molecule has 1 atom stereocenters. The van der Waals surface area contributed by atoms with Gasteiger partial charge in [-0.05, 0) is 31.3 Å². The van der Waals surface area contributed by atoms with Crippen molar-refractivity contribution in [2.45, 2.75) is 19.3 Å².